The van der Waals surface area contributed by atoms with Gasteiger partial charge in [-0.25, -0.2) is 4.79 Å². The molecule has 3 aliphatic carbocycles. The summed E-state index contributed by atoms with van der Waals surface area (Å²) in [6.45, 7) is -0.144. The summed E-state index contributed by atoms with van der Waals surface area (Å²) in [6, 6.07) is 0. The molecular weight excluding hydrogens is 382 g/mol. The van der Waals surface area contributed by atoms with E-state index in [1.807, 2.05) is 24.3 Å². The second-order valence-corrected chi connectivity index (χ2v) is 9.84. The molecule has 1 atom stereocenters. The molecule has 1 heterocycles. The summed E-state index contributed by atoms with van der Waals surface area (Å²) in [5.41, 5.74) is -0.989. The van der Waals surface area contributed by atoms with Crippen molar-refractivity contribution in [1.29, 1.82) is 0 Å². The number of aliphatic hydroxyl groups is 1. The Bertz CT molecular complexity index is 758. The normalized spacial score (nSPS) is 27.9. The molecule has 0 saturated heterocycles. The monoisotopic (exact) mass is 415 g/mol. The van der Waals surface area contributed by atoms with Gasteiger partial charge in [-0.15, -0.1) is 0 Å². The molecule has 0 bridgehead atoms. The molecule has 4 rings (SSSR count). The highest BCUT2D eigenvalue weighted by Crippen LogP contribution is 2.49. The molecule has 1 aliphatic heterocycles. The Labute approximate surface area is 178 Å². The molecule has 1 N–H and O–H groups in total. The standard InChI is InChI=1S/C24H33NO5/c26-20-17-24(14-9-18-5-6-18,15-10-19-7-8-19)30-22(27)21(20)23(11-2-1-3-12-23)13-4-16-25(28)29/h1-3,11,18-19,26H,4-10,12-17H2. The Kier molecular flexibility index (Phi) is 6.03. The number of hydrogen-bond donors (Lipinski definition) is 1. The number of carbonyl (C=O) groups is 1. The predicted octanol–water partition coefficient (Wildman–Crippen LogP) is 5.42. The predicted molar refractivity (Wildman–Crippen MR) is 113 cm³/mol. The zero-order valence-corrected chi connectivity index (χ0v) is 17.7. The van der Waals surface area contributed by atoms with E-state index in [1.165, 1.54) is 25.7 Å². The molecular formula is C24H33NO5. The number of nitrogens with zero attached hydrogens (tertiary/aromatic N) is 1. The smallest absolute Gasteiger partial charge is 0.338 e. The summed E-state index contributed by atoms with van der Waals surface area (Å²) in [5, 5.41) is 22.0. The minimum atomic E-state index is -0.717. The van der Waals surface area contributed by atoms with E-state index < -0.39 is 17.0 Å². The van der Waals surface area contributed by atoms with Gasteiger partial charge in [-0.1, -0.05) is 50.0 Å². The lowest BCUT2D eigenvalue weighted by Gasteiger charge is -2.42. The first-order valence-corrected chi connectivity index (χ1v) is 11.5. The van der Waals surface area contributed by atoms with Gasteiger partial charge in [0.2, 0.25) is 6.54 Å². The Morgan fingerprint density at radius 3 is 2.27 bits per heavy atom. The number of carbonyl (C=O) groups excluding carboxylic acids is 1. The number of allylic oxidation sites excluding steroid dienone is 4. The molecule has 0 aromatic carbocycles. The van der Waals surface area contributed by atoms with E-state index in [2.05, 4.69) is 0 Å². The van der Waals surface area contributed by atoms with Crippen LogP contribution >= 0.6 is 0 Å². The van der Waals surface area contributed by atoms with Gasteiger partial charge in [-0.3, -0.25) is 10.1 Å². The highest BCUT2D eigenvalue weighted by Gasteiger charge is 2.48. The highest BCUT2D eigenvalue weighted by molar-refractivity contribution is 5.92. The minimum absolute atomic E-state index is 0.138. The third-order valence-electron chi connectivity index (χ3n) is 7.31. The zero-order chi connectivity index (χ0) is 21.2. The maximum Gasteiger partial charge on any atom is 0.338 e. The highest BCUT2D eigenvalue weighted by atomic mass is 16.6. The summed E-state index contributed by atoms with van der Waals surface area (Å²) in [5.74, 6) is 1.20. The Morgan fingerprint density at radius 2 is 1.77 bits per heavy atom. The van der Waals surface area contributed by atoms with Crippen molar-refractivity contribution in [3.63, 3.8) is 0 Å². The molecule has 6 heteroatoms. The van der Waals surface area contributed by atoms with Crippen molar-refractivity contribution in [3.05, 3.63) is 45.8 Å². The van der Waals surface area contributed by atoms with Gasteiger partial charge in [-0.2, -0.15) is 0 Å². The van der Waals surface area contributed by atoms with E-state index in [9.17, 15) is 20.0 Å². The first-order valence-electron chi connectivity index (χ1n) is 11.5. The third-order valence-corrected chi connectivity index (χ3v) is 7.31. The topological polar surface area (TPSA) is 89.7 Å². The summed E-state index contributed by atoms with van der Waals surface area (Å²) >= 11 is 0. The van der Waals surface area contributed by atoms with Crippen molar-refractivity contribution in [1.82, 2.24) is 0 Å². The van der Waals surface area contributed by atoms with E-state index in [0.29, 0.717) is 31.3 Å². The number of hydrogen-bond acceptors (Lipinski definition) is 5. The van der Waals surface area contributed by atoms with Crippen molar-refractivity contribution in [2.75, 3.05) is 6.54 Å². The van der Waals surface area contributed by atoms with E-state index in [0.717, 1.165) is 37.5 Å². The summed E-state index contributed by atoms with van der Waals surface area (Å²) < 4.78 is 6.17. The lowest BCUT2D eigenvalue weighted by molar-refractivity contribution is -0.480. The third kappa shape index (κ3) is 4.96. The molecule has 0 radical (unpaired) electrons. The molecule has 1 unspecified atom stereocenters. The molecule has 4 aliphatic rings. The van der Waals surface area contributed by atoms with E-state index >= 15 is 0 Å². The fourth-order valence-electron chi connectivity index (χ4n) is 5.12. The number of aliphatic hydroxyl groups excluding tert-OH is 1. The second-order valence-electron chi connectivity index (χ2n) is 9.84. The SMILES string of the molecule is O=C1OC(CCC2CC2)(CCC2CC2)CC(O)=C1C1(CCC[N+](=O)[O-])C=CC=CC1. The van der Waals surface area contributed by atoms with Crippen molar-refractivity contribution in [2.24, 2.45) is 17.3 Å². The lowest BCUT2D eigenvalue weighted by atomic mass is 9.69. The molecule has 164 valence electrons. The Morgan fingerprint density at radius 1 is 1.10 bits per heavy atom. The van der Waals surface area contributed by atoms with Crippen LogP contribution in [0.4, 0.5) is 0 Å². The summed E-state index contributed by atoms with van der Waals surface area (Å²) in [4.78, 5) is 23.8. The van der Waals surface area contributed by atoms with Gasteiger partial charge in [0.25, 0.3) is 0 Å². The van der Waals surface area contributed by atoms with Gasteiger partial charge < -0.3 is 9.84 Å². The van der Waals surface area contributed by atoms with Gasteiger partial charge in [0, 0.05) is 23.2 Å². The first-order chi connectivity index (χ1) is 14.4. The van der Waals surface area contributed by atoms with Gasteiger partial charge in [0.1, 0.15) is 11.4 Å². The van der Waals surface area contributed by atoms with Crippen LogP contribution in [0.5, 0.6) is 0 Å². The molecule has 0 aromatic heterocycles. The average molecular weight is 416 g/mol. The largest absolute Gasteiger partial charge is 0.512 e. The lowest BCUT2D eigenvalue weighted by Crippen LogP contribution is -2.44. The van der Waals surface area contributed by atoms with Gasteiger partial charge in [0.05, 0.1) is 5.57 Å². The molecule has 30 heavy (non-hydrogen) atoms. The van der Waals surface area contributed by atoms with Gasteiger partial charge in [-0.05, 0) is 50.4 Å². The first kappa shape index (κ1) is 21.1. The van der Waals surface area contributed by atoms with Crippen LogP contribution in [0.2, 0.25) is 0 Å². The summed E-state index contributed by atoms with van der Waals surface area (Å²) in [7, 11) is 0. The number of nitro groups is 1. The number of ether oxygens (including phenoxy) is 1. The number of esters is 1. The summed E-state index contributed by atoms with van der Waals surface area (Å²) in [6.07, 6.45) is 18.2. The average Bonchev–Trinajstić information content (AvgIpc) is 3.60. The van der Waals surface area contributed by atoms with Crippen LogP contribution in [0.25, 0.3) is 0 Å². The van der Waals surface area contributed by atoms with Crippen LogP contribution in [0, 0.1) is 27.4 Å². The van der Waals surface area contributed by atoms with Crippen molar-refractivity contribution < 1.29 is 19.6 Å². The van der Waals surface area contributed by atoms with Crippen LogP contribution in [0.15, 0.2) is 35.6 Å². The molecule has 0 aromatic rings. The van der Waals surface area contributed by atoms with Gasteiger partial charge >= 0.3 is 5.97 Å². The molecule has 0 amide bonds. The van der Waals surface area contributed by atoms with Crippen LogP contribution in [0.1, 0.15) is 77.0 Å². The quantitative estimate of drug-likeness (QED) is 0.276. The molecule has 0 spiro atoms. The van der Waals surface area contributed by atoms with Crippen LogP contribution < -0.4 is 0 Å². The number of rotatable bonds is 11. The number of cyclic esters (lactones) is 1. The Hall–Kier alpha value is -2.11. The van der Waals surface area contributed by atoms with Crippen LogP contribution in [0.3, 0.4) is 0 Å². The fraction of sp³-hybridized carbons (Fsp3) is 0.708. The Balaban J connectivity index is 1.56. The van der Waals surface area contributed by atoms with E-state index in [4.69, 9.17) is 4.74 Å². The molecule has 2 fully saturated rings. The van der Waals surface area contributed by atoms with Gasteiger partial charge in [0.15, 0.2) is 0 Å². The van der Waals surface area contributed by atoms with E-state index in [1.54, 1.807) is 0 Å². The van der Waals surface area contributed by atoms with Crippen molar-refractivity contribution >= 4 is 5.97 Å². The molecule has 6 nitrogen and oxygen atoms in total. The van der Waals surface area contributed by atoms with Crippen LogP contribution in [-0.2, 0) is 9.53 Å². The van der Waals surface area contributed by atoms with Crippen molar-refractivity contribution in [3.8, 4) is 0 Å². The van der Waals surface area contributed by atoms with Crippen molar-refractivity contribution in [2.45, 2.75) is 82.7 Å². The van der Waals surface area contributed by atoms with Crippen LogP contribution in [-0.4, -0.2) is 28.1 Å². The fourth-order valence-corrected chi connectivity index (χ4v) is 5.12. The maximum atomic E-state index is 13.3. The minimum Gasteiger partial charge on any atom is -0.512 e. The second kappa shape index (κ2) is 8.56. The van der Waals surface area contributed by atoms with E-state index in [-0.39, 0.29) is 17.2 Å². The molecule has 2 saturated carbocycles. The maximum absolute atomic E-state index is 13.3. The zero-order valence-electron chi connectivity index (χ0n) is 17.7.